The Bertz CT molecular complexity index is 881. The van der Waals surface area contributed by atoms with Crippen molar-refractivity contribution in [3.05, 3.63) is 82.0 Å². The van der Waals surface area contributed by atoms with Crippen molar-refractivity contribution < 1.29 is 4.74 Å². The minimum absolute atomic E-state index is 0.128. The maximum absolute atomic E-state index is 12.5. The summed E-state index contributed by atoms with van der Waals surface area (Å²) in [5, 5.41) is 4.24. The molecule has 23 heavy (non-hydrogen) atoms. The molecule has 0 aliphatic carbocycles. The summed E-state index contributed by atoms with van der Waals surface area (Å²) in [6, 6.07) is 15.8. The molecule has 116 valence electrons. The predicted octanol–water partition coefficient (Wildman–Crippen LogP) is 2.16. The van der Waals surface area contributed by atoms with Crippen LogP contribution >= 0.6 is 0 Å². The number of fused-ring (bicyclic) bond motifs is 1. The third kappa shape index (κ3) is 2.71. The fraction of sp³-hybridized carbons (Fsp3) is 0.222. The van der Waals surface area contributed by atoms with Gasteiger partial charge in [-0.05, 0) is 35.2 Å². The van der Waals surface area contributed by atoms with Crippen LogP contribution in [0.25, 0.3) is 5.69 Å². The molecule has 1 aliphatic heterocycles. The molecule has 0 bridgehead atoms. The SMILES string of the molecule is O=c1n(-c2ccccc2)cnn1Cc1ccc2c(c1)CCOC2. The van der Waals surface area contributed by atoms with Gasteiger partial charge in [-0.1, -0.05) is 36.4 Å². The molecule has 2 heterocycles. The molecule has 0 unspecified atom stereocenters. The summed E-state index contributed by atoms with van der Waals surface area (Å²) in [5.74, 6) is 0. The number of ether oxygens (including phenoxy) is 1. The summed E-state index contributed by atoms with van der Waals surface area (Å²) in [4.78, 5) is 12.5. The zero-order valence-electron chi connectivity index (χ0n) is 12.7. The third-order valence-corrected chi connectivity index (χ3v) is 4.14. The van der Waals surface area contributed by atoms with Crippen LogP contribution in [0.15, 0.2) is 59.7 Å². The number of nitrogens with zero attached hydrogens (tertiary/aromatic N) is 3. The zero-order chi connectivity index (χ0) is 15.6. The van der Waals surface area contributed by atoms with Crippen LogP contribution in [0.4, 0.5) is 0 Å². The number of hydrogen-bond acceptors (Lipinski definition) is 3. The van der Waals surface area contributed by atoms with Gasteiger partial charge in [-0.15, -0.1) is 0 Å². The molecule has 5 nitrogen and oxygen atoms in total. The van der Waals surface area contributed by atoms with Gasteiger partial charge < -0.3 is 4.74 Å². The second-order valence-electron chi connectivity index (χ2n) is 5.68. The number of aromatic nitrogens is 3. The number of para-hydroxylation sites is 1. The highest BCUT2D eigenvalue weighted by Gasteiger charge is 2.11. The average molecular weight is 307 g/mol. The van der Waals surface area contributed by atoms with E-state index in [-0.39, 0.29) is 5.69 Å². The molecule has 4 rings (SSSR count). The molecule has 5 heteroatoms. The van der Waals surface area contributed by atoms with E-state index in [1.165, 1.54) is 15.8 Å². The van der Waals surface area contributed by atoms with E-state index >= 15 is 0 Å². The van der Waals surface area contributed by atoms with Crippen molar-refractivity contribution in [3.63, 3.8) is 0 Å². The molecule has 0 fully saturated rings. The Morgan fingerprint density at radius 3 is 2.83 bits per heavy atom. The van der Waals surface area contributed by atoms with Crippen LogP contribution in [0.5, 0.6) is 0 Å². The summed E-state index contributed by atoms with van der Waals surface area (Å²) in [6.07, 6.45) is 2.50. The van der Waals surface area contributed by atoms with Gasteiger partial charge >= 0.3 is 5.69 Å². The molecule has 3 aromatic rings. The lowest BCUT2D eigenvalue weighted by Gasteiger charge is -2.17. The van der Waals surface area contributed by atoms with Crippen LogP contribution in [0.2, 0.25) is 0 Å². The summed E-state index contributed by atoms with van der Waals surface area (Å²) in [7, 11) is 0. The van der Waals surface area contributed by atoms with Crippen LogP contribution < -0.4 is 5.69 Å². The summed E-state index contributed by atoms with van der Waals surface area (Å²) >= 11 is 0. The Labute approximate surface area is 133 Å². The minimum atomic E-state index is -0.128. The molecule has 0 saturated carbocycles. The topological polar surface area (TPSA) is 49.0 Å². The van der Waals surface area contributed by atoms with Crippen LogP contribution in [0.3, 0.4) is 0 Å². The molecule has 0 saturated heterocycles. The zero-order valence-corrected chi connectivity index (χ0v) is 12.7. The van der Waals surface area contributed by atoms with E-state index < -0.39 is 0 Å². The van der Waals surface area contributed by atoms with Crippen molar-refractivity contribution in [2.24, 2.45) is 0 Å². The molecule has 1 aromatic heterocycles. The van der Waals surface area contributed by atoms with Crippen molar-refractivity contribution in [1.29, 1.82) is 0 Å². The minimum Gasteiger partial charge on any atom is -0.376 e. The Hall–Kier alpha value is -2.66. The maximum atomic E-state index is 12.5. The second kappa shape index (κ2) is 5.85. The first-order valence-electron chi connectivity index (χ1n) is 7.69. The highest BCUT2D eigenvalue weighted by atomic mass is 16.5. The number of hydrogen-bond donors (Lipinski definition) is 0. The van der Waals surface area contributed by atoms with Crippen LogP contribution in [0.1, 0.15) is 16.7 Å². The summed E-state index contributed by atoms with van der Waals surface area (Å²) in [5.41, 5.74) is 4.33. The van der Waals surface area contributed by atoms with Crippen LogP contribution in [-0.2, 0) is 24.3 Å². The predicted molar refractivity (Wildman–Crippen MR) is 86.7 cm³/mol. The Balaban J connectivity index is 1.63. The van der Waals surface area contributed by atoms with E-state index in [0.717, 1.165) is 24.3 Å². The molecule has 0 N–H and O–H groups in total. The molecule has 1 aliphatic rings. The Morgan fingerprint density at radius 1 is 1.09 bits per heavy atom. The van der Waals surface area contributed by atoms with Gasteiger partial charge in [0.15, 0.2) is 0 Å². The molecular formula is C18H17N3O2. The van der Waals surface area contributed by atoms with E-state index in [9.17, 15) is 4.79 Å². The van der Waals surface area contributed by atoms with Gasteiger partial charge in [-0.25, -0.2) is 14.0 Å². The molecule has 0 atom stereocenters. The van der Waals surface area contributed by atoms with Crippen LogP contribution in [0, 0.1) is 0 Å². The fourth-order valence-corrected chi connectivity index (χ4v) is 2.90. The highest BCUT2D eigenvalue weighted by molar-refractivity contribution is 5.33. The van der Waals surface area contributed by atoms with E-state index in [2.05, 4.69) is 17.2 Å². The smallest absolute Gasteiger partial charge is 0.350 e. The lowest BCUT2D eigenvalue weighted by atomic mass is 10.0. The lowest BCUT2D eigenvalue weighted by molar-refractivity contribution is 0.110. The standard InChI is InChI=1S/C18H17N3O2/c22-18-20(17-4-2-1-3-5-17)13-19-21(18)11-14-6-7-16-12-23-9-8-15(16)10-14/h1-7,10,13H,8-9,11-12H2. The van der Waals surface area contributed by atoms with Gasteiger partial charge in [0.1, 0.15) is 6.33 Å². The van der Waals surface area contributed by atoms with Crippen molar-refractivity contribution in [2.75, 3.05) is 6.61 Å². The third-order valence-electron chi connectivity index (χ3n) is 4.14. The quantitative estimate of drug-likeness (QED) is 0.745. The molecule has 2 aromatic carbocycles. The van der Waals surface area contributed by atoms with Crippen LogP contribution in [-0.4, -0.2) is 21.0 Å². The van der Waals surface area contributed by atoms with Gasteiger partial charge in [0.05, 0.1) is 25.4 Å². The van der Waals surface area contributed by atoms with E-state index in [1.807, 2.05) is 36.4 Å². The van der Waals surface area contributed by atoms with Crippen molar-refractivity contribution in [3.8, 4) is 5.69 Å². The highest BCUT2D eigenvalue weighted by Crippen LogP contribution is 2.18. The molecule has 0 amide bonds. The first kappa shape index (κ1) is 14.0. The number of benzene rings is 2. The fourth-order valence-electron chi connectivity index (χ4n) is 2.90. The molecular weight excluding hydrogens is 290 g/mol. The normalized spacial score (nSPS) is 13.7. The van der Waals surface area contributed by atoms with Gasteiger partial charge in [0.25, 0.3) is 0 Å². The van der Waals surface area contributed by atoms with Gasteiger partial charge in [0.2, 0.25) is 0 Å². The molecule has 0 radical (unpaired) electrons. The first-order chi connectivity index (χ1) is 11.3. The van der Waals surface area contributed by atoms with E-state index in [4.69, 9.17) is 4.74 Å². The Morgan fingerprint density at radius 2 is 1.96 bits per heavy atom. The van der Waals surface area contributed by atoms with Crippen molar-refractivity contribution in [2.45, 2.75) is 19.6 Å². The maximum Gasteiger partial charge on any atom is 0.350 e. The summed E-state index contributed by atoms with van der Waals surface area (Å²) in [6.45, 7) is 1.92. The summed E-state index contributed by atoms with van der Waals surface area (Å²) < 4.78 is 8.51. The van der Waals surface area contributed by atoms with Crippen molar-refractivity contribution >= 4 is 0 Å². The monoisotopic (exact) mass is 307 g/mol. The molecule has 0 spiro atoms. The number of rotatable bonds is 3. The first-order valence-corrected chi connectivity index (χ1v) is 7.69. The van der Waals surface area contributed by atoms with Gasteiger partial charge in [-0.2, -0.15) is 5.10 Å². The van der Waals surface area contributed by atoms with E-state index in [1.54, 1.807) is 10.9 Å². The van der Waals surface area contributed by atoms with Crippen molar-refractivity contribution in [1.82, 2.24) is 14.3 Å². The lowest BCUT2D eigenvalue weighted by Crippen LogP contribution is -2.24. The van der Waals surface area contributed by atoms with Gasteiger partial charge in [-0.3, -0.25) is 0 Å². The average Bonchev–Trinajstić information content (AvgIpc) is 2.96. The largest absolute Gasteiger partial charge is 0.376 e. The Kier molecular flexibility index (Phi) is 3.55. The van der Waals surface area contributed by atoms with Gasteiger partial charge in [0, 0.05) is 0 Å². The second-order valence-corrected chi connectivity index (χ2v) is 5.68. The van der Waals surface area contributed by atoms with E-state index in [0.29, 0.717) is 13.2 Å².